The quantitative estimate of drug-likeness (QED) is 0.686. The second kappa shape index (κ2) is 3.56. The van der Waals surface area contributed by atoms with E-state index in [1.54, 1.807) is 12.4 Å². The topological polar surface area (TPSA) is 75.7 Å². The van der Waals surface area contributed by atoms with Crippen LogP contribution in [-0.4, -0.2) is 39.6 Å². The van der Waals surface area contributed by atoms with Crippen LogP contribution >= 0.6 is 0 Å². The lowest BCUT2D eigenvalue weighted by atomic mass is 10.3. The Balaban J connectivity index is 1.96. The number of ether oxygens (including phenoxy) is 1. The highest BCUT2D eigenvalue weighted by molar-refractivity contribution is 5.64. The van der Waals surface area contributed by atoms with Gasteiger partial charge in [-0.2, -0.15) is 0 Å². The van der Waals surface area contributed by atoms with Crippen molar-refractivity contribution >= 4 is 11.3 Å². The van der Waals surface area contributed by atoms with Crippen LogP contribution in [0.3, 0.4) is 0 Å². The largest absolute Gasteiger partial charge is 0.368 e. The summed E-state index contributed by atoms with van der Waals surface area (Å²) in [5.74, 6) is 0.795. The van der Waals surface area contributed by atoms with Gasteiger partial charge in [-0.25, -0.2) is 15.0 Å². The smallest absolute Gasteiger partial charge is 0.197 e. The van der Waals surface area contributed by atoms with Gasteiger partial charge in [0.25, 0.3) is 0 Å². The average Bonchev–Trinajstić information content (AvgIpc) is 2.74. The van der Waals surface area contributed by atoms with Gasteiger partial charge in [-0.3, -0.25) is 0 Å². The van der Waals surface area contributed by atoms with E-state index >= 15 is 0 Å². The number of hydrogen-bond acceptors (Lipinski definition) is 5. The zero-order valence-corrected chi connectivity index (χ0v) is 8.10. The van der Waals surface area contributed by atoms with E-state index in [-0.39, 0.29) is 6.10 Å². The minimum Gasteiger partial charge on any atom is -0.368 e. The molecule has 0 aliphatic carbocycles. The Morgan fingerprint density at radius 3 is 3.07 bits per heavy atom. The molecule has 0 unspecified atom stereocenters. The maximum absolute atomic E-state index is 5.58. The first-order valence-corrected chi connectivity index (χ1v) is 4.92. The molecule has 1 aliphatic rings. The number of aromatic amines is 1. The molecule has 0 radical (unpaired) electrons. The van der Waals surface area contributed by atoms with Gasteiger partial charge in [0.05, 0.1) is 6.61 Å². The number of nitrogens with one attached hydrogen (secondary N) is 2. The van der Waals surface area contributed by atoms with Crippen LogP contribution in [0.25, 0.3) is 11.3 Å². The van der Waals surface area contributed by atoms with Gasteiger partial charge in [0.2, 0.25) is 0 Å². The maximum atomic E-state index is 5.58. The Morgan fingerprint density at radius 1 is 1.33 bits per heavy atom. The Bertz CT molecular complexity index is 429. The van der Waals surface area contributed by atoms with Gasteiger partial charge in [-0.05, 0) is 0 Å². The van der Waals surface area contributed by atoms with Crippen LogP contribution in [0.4, 0.5) is 0 Å². The molecule has 0 saturated carbocycles. The molecule has 2 aromatic heterocycles. The van der Waals surface area contributed by atoms with Crippen molar-refractivity contribution in [1.82, 2.24) is 25.3 Å². The molecule has 15 heavy (non-hydrogen) atoms. The lowest BCUT2D eigenvalue weighted by Gasteiger charge is -2.21. The molecule has 3 heterocycles. The van der Waals surface area contributed by atoms with Gasteiger partial charge < -0.3 is 15.0 Å². The third kappa shape index (κ3) is 1.57. The van der Waals surface area contributed by atoms with Gasteiger partial charge in [0.15, 0.2) is 11.3 Å². The van der Waals surface area contributed by atoms with E-state index in [1.807, 2.05) is 0 Å². The van der Waals surface area contributed by atoms with Crippen molar-refractivity contribution in [2.45, 2.75) is 6.10 Å². The molecule has 2 aromatic rings. The molecule has 1 aliphatic heterocycles. The van der Waals surface area contributed by atoms with E-state index < -0.39 is 0 Å². The van der Waals surface area contributed by atoms with E-state index in [2.05, 4.69) is 25.3 Å². The molecule has 2 N–H and O–H groups in total. The summed E-state index contributed by atoms with van der Waals surface area (Å²) in [6, 6.07) is 0. The number of H-pyrrole nitrogens is 1. The fraction of sp³-hybridized carbons (Fsp3) is 0.444. The van der Waals surface area contributed by atoms with E-state index in [4.69, 9.17) is 4.74 Å². The van der Waals surface area contributed by atoms with Gasteiger partial charge in [0.1, 0.15) is 11.9 Å². The molecule has 0 spiro atoms. The normalized spacial score (nSPS) is 22.0. The monoisotopic (exact) mass is 205 g/mol. The first-order chi connectivity index (χ1) is 7.43. The number of rotatable bonds is 1. The van der Waals surface area contributed by atoms with Crippen molar-refractivity contribution in [2.24, 2.45) is 0 Å². The standard InChI is InChI=1S/C9H11N5O/c1-2-12-9-8(11-1)13-7(14-9)6-5-10-3-4-15-6/h1-2,6,10H,3-5H2,(H,11,12,13,14)/t6-/m0/s1. The molecule has 6 heteroatoms. The highest BCUT2D eigenvalue weighted by Gasteiger charge is 2.19. The molecule has 0 bridgehead atoms. The molecular formula is C9H11N5O. The van der Waals surface area contributed by atoms with Crippen LogP contribution in [0.2, 0.25) is 0 Å². The van der Waals surface area contributed by atoms with Crippen LogP contribution in [0.5, 0.6) is 0 Å². The van der Waals surface area contributed by atoms with E-state index in [0.29, 0.717) is 17.9 Å². The maximum Gasteiger partial charge on any atom is 0.197 e. The Hall–Kier alpha value is -1.53. The van der Waals surface area contributed by atoms with Crippen molar-refractivity contribution in [3.63, 3.8) is 0 Å². The molecule has 1 atom stereocenters. The minimum absolute atomic E-state index is 0.0188. The van der Waals surface area contributed by atoms with Gasteiger partial charge in [0, 0.05) is 25.5 Å². The fourth-order valence-electron chi connectivity index (χ4n) is 1.66. The van der Waals surface area contributed by atoms with Crippen LogP contribution < -0.4 is 5.32 Å². The second-order valence-electron chi connectivity index (χ2n) is 3.41. The fourth-order valence-corrected chi connectivity index (χ4v) is 1.66. The number of imidazole rings is 1. The van der Waals surface area contributed by atoms with Crippen molar-refractivity contribution in [3.05, 3.63) is 18.2 Å². The summed E-state index contributed by atoms with van der Waals surface area (Å²) in [6.07, 6.45) is 3.26. The van der Waals surface area contributed by atoms with Crippen LogP contribution in [0.15, 0.2) is 12.4 Å². The summed E-state index contributed by atoms with van der Waals surface area (Å²) in [5, 5.41) is 3.25. The molecule has 3 rings (SSSR count). The summed E-state index contributed by atoms with van der Waals surface area (Å²) < 4.78 is 5.58. The summed E-state index contributed by atoms with van der Waals surface area (Å²) in [4.78, 5) is 15.7. The Labute approximate surface area is 86.1 Å². The average molecular weight is 205 g/mol. The molecule has 6 nitrogen and oxygen atoms in total. The molecular weight excluding hydrogens is 194 g/mol. The third-order valence-corrected chi connectivity index (χ3v) is 2.38. The van der Waals surface area contributed by atoms with Gasteiger partial charge in [-0.15, -0.1) is 0 Å². The summed E-state index contributed by atoms with van der Waals surface area (Å²) >= 11 is 0. The first kappa shape index (κ1) is 8.75. The number of nitrogens with zero attached hydrogens (tertiary/aromatic N) is 3. The summed E-state index contributed by atoms with van der Waals surface area (Å²) in [5.41, 5.74) is 1.35. The number of fused-ring (bicyclic) bond motifs is 1. The van der Waals surface area contributed by atoms with Gasteiger partial charge in [-0.1, -0.05) is 0 Å². The van der Waals surface area contributed by atoms with E-state index in [9.17, 15) is 0 Å². The summed E-state index contributed by atoms with van der Waals surface area (Å²) in [7, 11) is 0. The highest BCUT2D eigenvalue weighted by atomic mass is 16.5. The highest BCUT2D eigenvalue weighted by Crippen LogP contribution is 2.17. The second-order valence-corrected chi connectivity index (χ2v) is 3.41. The van der Waals surface area contributed by atoms with Crippen LogP contribution in [-0.2, 0) is 4.74 Å². The van der Waals surface area contributed by atoms with Crippen molar-refractivity contribution < 1.29 is 4.74 Å². The molecule has 78 valence electrons. The van der Waals surface area contributed by atoms with Crippen molar-refractivity contribution in [3.8, 4) is 0 Å². The number of morpholine rings is 1. The molecule has 1 saturated heterocycles. The van der Waals surface area contributed by atoms with Gasteiger partial charge >= 0.3 is 0 Å². The molecule has 0 aromatic carbocycles. The minimum atomic E-state index is -0.0188. The third-order valence-electron chi connectivity index (χ3n) is 2.38. The number of aromatic nitrogens is 4. The number of hydrogen-bond donors (Lipinski definition) is 2. The Morgan fingerprint density at radius 2 is 2.27 bits per heavy atom. The lowest BCUT2D eigenvalue weighted by Crippen LogP contribution is -2.33. The van der Waals surface area contributed by atoms with E-state index in [1.165, 1.54) is 0 Å². The van der Waals surface area contributed by atoms with Crippen LogP contribution in [0.1, 0.15) is 11.9 Å². The van der Waals surface area contributed by atoms with E-state index in [0.717, 1.165) is 18.9 Å². The molecule has 0 amide bonds. The zero-order valence-electron chi connectivity index (χ0n) is 8.10. The Kier molecular flexibility index (Phi) is 2.08. The predicted molar refractivity (Wildman–Crippen MR) is 53.2 cm³/mol. The molecule has 1 fully saturated rings. The SMILES string of the molecule is c1cnc2[nH]c([C@@H]3CNCCO3)nc2n1. The van der Waals surface area contributed by atoms with Crippen LogP contribution in [0, 0.1) is 0 Å². The van der Waals surface area contributed by atoms with Crippen molar-refractivity contribution in [1.29, 1.82) is 0 Å². The summed E-state index contributed by atoms with van der Waals surface area (Å²) in [6.45, 7) is 2.38. The van der Waals surface area contributed by atoms with Crippen molar-refractivity contribution in [2.75, 3.05) is 19.7 Å². The first-order valence-electron chi connectivity index (χ1n) is 4.92. The predicted octanol–water partition coefficient (Wildman–Crippen LogP) is 0.0138. The lowest BCUT2D eigenvalue weighted by molar-refractivity contribution is 0.0228. The zero-order chi connectivity index (χ0) is 10.1.